The van der Waals surface area contributed by atoms with Crippen LogP contribution in [-0.4, -0.2) is 6.54 Å². The summed E-state index contributed by atoms with van der Waals surface area (Å²) in [7, 11) is 0. The van der Waals surface area contributed by atoms with E-state index in [1.165, 1.54) is 6.42 Å². The Balaban J connectivity index is 3.74. The SMILES string of the molecule is C=C(NCCC(C)(C)C)C(C)(C)C. The van der Waals surface area contributed by atoms with Crippen LogP contribution in [0.1, 0.15) is 48.0 Å². The first kappa shape index (κ1) is 12.5. The minimum Gasteiger partial charge on any atom is -0.388 e. The fourth-order valence-electron chi connectivity index (χ4n) is 0.854. The molecule has 0 aromatic carbocycles. The molecule has 0 bridgehead atoms. The van der Waals surface area contributed by atoms with Gasteiger partial charge in [-0.3, -0.25) is 0 Å². The van der Waals surface area contributed by atoms with E-state index in [1.54, 1.807) is 0 Å². The molecule has 0 heterocycles. The maximum Gasteiger partial charge on any atom is 0.0148 e. The highest BCUT2D eigenvalue weighted by molar-refractivity contribution is 5.02. The highest BCUT2D eigenvalue weighted by Crippen LogP contribution is 2.22. The summed E-state index contributed by atoms with van der Waals surface area (Å²) < 4.78 is 0. The summed E-state index contributed by atoms with van der Waals surface area (Å²) in [5.41, 5.74) is 1.72. The maximum absolute atomic E-state index is 4.03. The van der Waals surface area contributed by atoms with E-state index in [4.69, 9.17) is 0 Å². The molecule has 0 radical (unpaired) electrons. The highest BCUT2D eigenvalue weighted by Gasteiger charge is 2.15. The molecule has 13 heavy (non-hydrogen) atoms. The minimum atomic E-state index is 0.178. The van der Waals surface area contributed by atoms with Gasteiger partial charge in [-0.05, 0) is 11.8 Å². The van der Waals surface area contributed by atoms with E-state index in [0.29, 0.717) is 5.41 Å². The van der Waals surface area contributed by atoms with Crippen molar-refractivity contribution in [3.8, 4) is 0 Å². The summed E-state index contributed by atoms with van der Waals surface area (Å²) in [5.74, 6) is 0. The largest absolute Gasteiger partial charge is 0.388 e. The zero-order valence-electron chi connectivity index (χ0n) is 10.1. The predicted octanol–water partition coefficient (Wildman–Crippen LogP) is 3.57. The monoisotopic (exact) mass is 183 g/mol. The van der Waals surface area contributed by atoms with Gasteiger partial charge in [-0.15, -0.1) is 0 Å². The van der Waals surface area contributed by atoms with Crippen molar-refractivity contribution in [2.75, 3.05) is 6.54 Å². The van der Waals surface area contributed by atoms with E-state index in [2.05, 4.69) is 53.4 Å². The molecule has 0 aromatic rings. The van der Waals surface area contributed by atoms with E-state index in [0.717, 1.165) is 12.2 Å². The van der Waals surface area contributed by atoms with Crippen molar-refractivity contribution in [3.05, 3.63) is 12.3 Å². The number of nitrogens with one attached hydrogen (secondary N) is 1. The highest BCUT2D eigenvalue weighted by atomic mass is 14.9. The Morgan fingerprint density at radius 2 is 1.54 bits per heavy atom. The van der Waals surface area contributed by atoms with Crippen LogP contribution in [0.25, 0.3) is 0 Å². The molecule has 0 saturated heterocycles. The van der Waals surface area contributed by atoms with E-state index >= 15 is 0 Å². The number of rotatable bonds is 3. The Morgan fingerprint density at radius 3 is 1.85 bits per heavy atom. The van der Waals surface area contributed by atoms with Gasteiger partial charge in [0.2, 0.25) is 0 Å². The number of allylic oxidation sites excluding steroid dienone is 1. The fraction of sp³-hybridized carbons (Fsp3) is 0.833. The lowest BCUT2D eigenvalue weighted by Gasteiger charge is -2.25. The Morgan fingerprint density at radius 1 is 1.08 bits per heavy atom. The van der Waals surface area contributed by atoms with Gasteiger partial charge < -0.3 is 5.32 Å². The molecule has 78 valence electrons. The molecule has 1 nitrogen and oxygen atoms in total. The third-order valence-corrected chi connectivity index (χ3v) is 2.12. The molecule has 0 aliphatic carbocycles. The normalized spacial score (nSPS) is 12.8. The third-order valence-electron chi connectivity index (χ3n) is 2.12. The van der Waals surface area contributed by atoms with Crippen LogP contribution in [0.15, 0.2) is 12.3 Å². The van der Waals surface area contributed by atoms with Gasteiger partial charge in [-0.25, -0.2) is 0 Å². The van der Waals surface area contributed by atoms with Gasteiger partial charge in [0.15, 0.2) is 0 Å². The molecule has 0 unspecified atom stereocenters. The second-order valence-electron chi connectivity index (χ2n) is 5.97. The van der Waals surface area contributed by atoms with E-state index in [-0.39, 0.29) is 5.41 Å². The van der Waals surface area contributed by atoms with Crippen molar-refractivity contribution >= 4 is 0 Å². The Labute approximate surface area is 83.6 Å². The zero-order valence-corrected chi connectivity index (χ0v) is 10.1. The van der Waals surface area contributed by atoms with Crippen LogP contribution in [0.3, 0.4) is 0 Å². The van der Waals surface area contributed by atoms with Crippen LogP contribution < -0.4 is 5.32 Å². The smallest absolute Gasteiger partial charge is 0.0148 e. The standard InChI is InChI=1S/C12H25N/c1-10(12(5,6)7)13-9-8-11(2,3)4/h13H,1,8-9H2,2-7H3. The van der Waals surface area contributed by atoms with Crippen molar-refractivity contribution in [2.45, 2.75) is 48.0 Å². The average Bonchev–Trinajstić information content (AvgIpc) is 1.82. The summed E-state index contributed by atoms with van der Waals surface area (Å²) >= 11 is 0. The summed E-state index contributed by atoms with van der Waals surface area (Å²) in [5, 5.41) is 3.38. The second kappa shape index (κ2) is 4.17. The van der Waals surface area contributed by atoms with Crippen LogP contribution >= 0.6 is 0 Å². The molecule has 0 aromatic heterocycles. The number of hydrogen-bond acceptors (Lipinski definition) is 1. The first-order chi connectivity index (χ1) is 5.63. The molecule has 0 spiro atoms. The van der Waals surface area contributed by atoms with Crippen LogP contribution in [0, 0.1) is 10.8 Å². The predicted molar refractivity (Wildman–Crippen MR) is 60.7 cm³/mol. The second-order valence-corrected chi connectivity index (χ2v) is 5.97. The van der Waals surface area contributed by atoms with Crippen LogP contribution in [0.5, 0.6) is 0 Å². The molecule has 0 saturated carbocycles. The van der Waals surface area contributed by atoms with Crippen molar-refractivity contribution in [1.82, 2.24) is 5.32 Å². The molecule has 0 rings (SSSR count). The van der Waals surface area contributed by atoms with E-state index in [9.17, 15) is 0 Å². The van der Waals surface area contributed by atoms with Crippen LogP contribution in [0.4, 0.5) is 0 Å². The molecule has 0 aliphatic heterocycles. The van der Waals surface area contributed by atoms with E-state index in [1.807, 2.05) is 0 Å². The van der Waals surface area contributed by atoms with Crippen LogP contribution in [0.2, 0.25) is 0 Å². The fourth-order valence-corrected chi connectivity index (χ4v) is 0.854. The van der Waals surface area contributed by atoms with Gasteiger partial charge in [0.05, 0.1) is 0 Å². The van der Waals surface area contributed by atoms with E-state index < -0.39 is 0 Å². The van der Waals surface area contributed by atoms with Crippen molar-refractivity contribution < 1.29 is 0 Å². The van der Waals surface area contributed by atoms with Crippen molar-refractivity contribution in [2.24, 2.45) is 10.8 Å². The molecule has 0 atom stereocenters. The van der Waals surface area contributed by atoms with Crippen molar-refractivity contribution in [1.29, 1.82) is 0 Å². The van der Waals surface area contributed by atoms with Crippen molar-refractivity contribution in [3.63, 3.8) is 0 Å². The summed E-state index contributed by atoms with van der Waals surface area (Å²) in [6.45, 7) is 18.4. The molecular weight excluding hydrogens is 158 g/mol. The minimum absolute atomic E-state index is 0.178. The lowest BCUT2D eigenvalue weighted by atomic mass is 9.90. The Bertz CT molecular complexity index is 167. The maximum atomic E-state index is 4.03. The lowest BCUT2D eigenvalue weighted by molar-refractivity contribution is 0.361. The molecule has 0 amide bonds. The van der Waals surface area contributed by atoms with Gasteiger partial charge >= 0.3 is 0 Å². The first-order valence-corrected chi connectivity index (χ1v) is 5.06. The zero-order chi connectivity index (χ0) is 10.7. The van der Waals surface area contributed by atoms with Gasteiger partial charge in [0.1, 0.15) is 0 Å². The van der Waals surface area contributed by atoms with Gasteiger partial charge in [-0.2, -0.15) is 0 Å². The first-order valence-electron chi connectivity index (χ1n) is 5.06. The molecular formula is C12H25N. The number of hydrogen-bond donors (Lipinski definition) is 1. The van der Waals surface area contributed by atoms with Gasteiger partial charge in [-0.1, -0.05) is 48.1 Å². The summed E-state index contributed by atoms with van der Waals surface area (Å²) in [4.78, 5) is 0. The summed E-state index contributed by atoms with van der Waals surface area (Å²) in [6, 6.07) is 0. The Hall–Kier alpha value is -0.460. The average molecular weight is 183 g/mol. The quantitative estimate of drug-likeness (QED) is 0.705. The Kier molecular flexibility index (Phi) is 4.02. The lowest BCUT2D eigenvalue weighted by Crippen LogP contribution is -2.26. The topological polar surface area (TPSA) is 12.0 Å². The molecule has 1 N–H and O–H groups in total. The summed E-state index contributed by atoms with van der Waals surface area (Å²) in [6.07, 6.45) is 1.18. The van der Waals surface area contributed by atoms with Crippen LogP contribution in [-0.2, 0) is 0 Å². The third kappa shape index (κ3) is 6.68. The molecule has 0 aliphatic rings. The molecule has 1 heteroatoms. The van der Waals surface area contributed by atoms with Gasteiger partial charge in [0.25, 0.3) is 0 Å². The van der Waals surface area contributed by atoms with Gasteiger partial charge in [0, 0.05) is 17.7 Å². The molecule has 0 fully saturated rings.